The number of benzene rings is 1. The maximum Gasteiger partial charge on any atom is 0.306 e. The lowest BCUT2D eigenvalue weighted by atomic mass is 9.93. The molecule has 80 valence electrons. The molecule has 0 unspecified atom stereocenters. The van der Waals surface area contributed by atoms with Crippen molar-refractivity contribution in [1.29, 1.82) is 0 Å². The largest absolute Gasteiger partial charge is 0.469 e. The molecule has 1 aromatic rings. The molecule has 0 aliphatic rings. The van der Waals surface area contributed by atoms with Gasteiger partial charge in [0.1, 0.15) is 6.29 Å². The zero-order valence-electron chi connectivity index (χ0n) is 8.68. The first kappa shape index (κ1) is 11.4. The summed E-state index contributed by atoms with van der Waals surface area (Å²) in [5.41, 5.74) is 0.995. The van der Waals surface area contributed by atoms with Gasteiger partial charge in [-0.1, -0.05) is 30.3 Å². The summed E-state index contributed by atoms with van der Waals surface area (Å²) in [6, 6.07) is 9.52. The number of methoxy groups -OCH3 is 1. The number of rotatable bonds is 5. The molecule has 0 N–H and O–H groups in total. The van der Waals surface area contributed by atoms with E-state index in [0.717, 1.165) is 11.8 Å². The molecule has 0 spiro atoms. The third kappa shape index (κ3) is 3.54. The van der Waals surface area contributed by atoms with E-state index in [9.17, 15) is 9.59 Å². The molecule has 1 rings (SSSR count). The molecule has 0 radical (unpaired) electrons. The van der Waals surface area contributed by atoms with Gasteiger partial charge in [-0.2, -0.15) is 0 Å². The highest BCUT2D eigenvalue weighted by Gasteiger charge is 2.15. The van der Waals surface area contributed by atoms with E-state index in [0.29, 0.717) is 6.42 Å². The van der Waals surface area contributed by atoms with Crippen molar-refractivity contribution in [1.82, 2.24) is 0 Å². The van der Waals surface area contributed by atoms with E-state index < -0.39 is 0 Å². The molecule has 0 aliphatic heterocycles. The van der Waals surface area contributed by atoms with Crippen LogP contribution in [0.15, 0.2) is 30.3 Å². The molecule has 0 fully saturated rings. The Labute approximate surface area is 89.1 Å². The fourth-order valence-corrected chi connectivity index (χ4v) is 1.46. The summed E-state index contributed by atoms with van der Waals surface area (Å²) >= 11 is 0. The Kier molecular flexibility index (Phi) is 4.54. The number of aldehydes is 1. The van der Waals surface area contributed by atoms with E-state index in [4.69, 9.17) is 0 Å². The summed E-state index contributed by atoms with van der Waals surface area (Å²) in [5, 5.41) is 0. The van der Waals surface area contributed by atoms with Crippen molar-refractivity contribution in [2.75, 3.05) is 7.11 Å². The topological polar surface area (TPSA) is 43.4 Å². The van der Waals surface area contributed by atoms with Crippen LogP contribution in [0.2, 0.25) is 0 Å². The summed E-state index contributed by atoms with van der Waals surface area (Å²) in [7, 11) is 1.35. The van der Waals surface area contributed by atoms with E-state index in [2.05, 4.69) is 4.74 Å². The molecule has 3 heteroatoms. The van der Waals surface area contributed by atoms with Gasteiger partial charge in [0.15, 0.2) is 0 Å². The van der Waals surface area contributed by atoms with E-state index in [1.54, 1.807) is 0 Å². The molecule has 0 bridgehead atoms. The van der Waals surface area contributed by atoms with E-state index >= 15 is 0 Å². The van der Waals surface area contributed by atoms with Gasteiger partial charge in [-0.25, -0.2) is 0 Å². The quantitative estimate of drug-likeness (QED) is 0.546. The minimum Gasteiger partial charge on any atom is -0.469 e. The van der Waals surface area contributed by atoms with Crippen molar-refractivity contribution in [2.45, 2.75) is 18.8 Å². The Balaban J connectivity index is 2.74. The molecule has 0 saturated heterocycles. The van der Waals surface area contributed by atoms with Crippen molar-refractivity contribution in [2.24, 2.45) is 0 Å². The van der Waals surface area contributed by atoms with Crippen LogP contribution in [0.3, 0.4) is 0 Å². The second-order valence-electron chi connectivity index (χ2n) is 3.29. The third-order valence-corrected chi connectivity index (χ3v) is 2.29. The van der Waals surface area contributed by atoms with Crippen molar-refractivity contribution in [3.8, 4) is 0 Å². The Morgan fingerprint density at radius 2 is 2.07 bits per heavy atom. The standard InChI is InChI=1S/C12H14O3/c1-15-12(14)9-11(7-8-13)10-5-3-2-4-6-10/h2-6,8,11H,7,9H2,1H3/t11-/m1/s1. The van der Waals surface area contributed by atoms with Gasteiger partial charge in [0.25, 0.3) is 0 Å². The van der Waals surface area contributed by atoms with Gasteiger partial charge in [-0.05, 0) is 5.56 Å². The lowest BCUT2D eigenvalue weighted by Crippen LogP contribution is -2.09. The third-order valence-electron chi connectivity index (χ3n) is 2.29. The molecular weight excluding hydrogens is 192 g/mol. The average Bonchev–Trinajstić information content (AvgIpc) is 2.29. The average molecular weight is 206 g/mol. The predicted octanol–water partition coefficient (Wildman–Crippen LogP) is 1.92. The molecule has 15 heavy (non-hydrogen) atoms. The normalized spacial score (nSPS) is 11.8. The van der Waals surface area contributed by atoms with Gasteiger partial charge in [0, 0.05) is 12.3 Å². The van der Waals surface area contributed by atoms with Gasteiger partial charge in [-0.3, -0.25) is 4.79 Å². The summed E-state index contributed by atoms with van der Waals surface area (Å²) in [6.45, 7) is 0. The molecular formula is C12H14O3. The van der Waals surface area contributed by atoms with Crippen molar-refractivity contribution in [3.05, 3.63) is 35.9 Å². The second-order valence-corrected chi connectivity index (χ2v) is 3.29. The highest BCUT2D eigenvalue weighted by atomic mass is 16.5. The van der Waals surface area contributed by atoms with Crippen LogP contribution in [0.5, 0.6) is 0 Å². The van der Waals surface area contributed by atoms with Crippen molar-refractivity contribution >= 4 is 12.3 Å². The molecule has 0 aromatic heterocycles. The van der Waals surface area contributed by atoms with Gasteiger partial charge in [0.05, 0.1) is 13.5 Å². The maximum absolute atomic E-state index is 11.1. The number of hydrogen-bond acceptors (Lipinski definition) is 3. The Morgan fingerprint density at radius 1 is 1.40 bits per heavy atom. The highest BCUT2D eigenvalue weighted by molar-refractivity contribution is 5.71. The van der Waals surface area contributed by atoms with Crippen molar-refractivity contribution in [3.63, 3.8) is 0 Å². The van der Waals surface area contributed by atoms with Crippen LogP contribution in [0.25, 0.3) is 0 Å². The lowest BCUT2D eigenvalue weighted by Gasteiger charge is -2.12. The molecule has 3 nitrogen and oxygen atoms in total. The minimum atomic E-state index is -0.286. The van der Waals surface area contributed by atoms with Crippen LogP contribution in [0.4, 0.5) is 0 Å². The predicted molar refractivity (Wildman–Crippen MR) is 56.5 cm³/mol. The van der Waals surface area contributed by atoms with E-state index in [1.807, 2.05) is 30.3 Å². The fraction of sp³-hybridized carbons (Fsp3) is 0.333. The molecule has 1 aromatic carbocycles. The lowest BCUT2D eigenvalue weighted by molar-refractivity contribution is -0.141. The molecule has 0 amide bonds. The summed E-state index contributed by atoms with van der Waals surface area (Å²) in [4.78, 5) is 21.6. The first-order chi connectivity index (χ1) is 7.27. The van der Waals surface area contributed by atoms with Gasteiger partial charge in [-0.15, -0.1) is 0 Å². The fourth-order valence-electron chi connectivity index (χ4n) is 1.46. The number of ether oxygens (including phenoxy) is 1. The minimum absolute atomic E-state index is 0.0730. The number of esters is 1. The Bertz CT molecular complexity index is 319. The SMILES string of the molecule is COC(=O)C[C@@H](CC=O)c1ccccc1. The summed E-state index contributed by atoms with van der Waals surface area (Å²) in [5.74, 6) is -0.359. The Morgan fingerprint density at radius 3 is 2.60 bits per heavy atom. The number of carbonyl (C=O) groups excluding carboxylic acids is 2. The molecule has 0 saturated carbocycles. The summed E-state index contributed by atoms with van der Waals surface area (Å²) < 4.78 is 4.59. The first-order valence-corrected chi connectivity index (χ1v) is 4.83. The van der Waals surface area contributed by atoms with E-state index in [1.165, 1.54) is 7.11 Å². The van der Waals surface area contributed by atoms with Crippen LogP contribution in [-0.4, -0.2) is 19.4 Å². The zero-order chi connectivity index (χ0) is 11.1. The molecule has 0 heterocycles. The van der Waals surface area contributed by atoms with Crippen LogP contribution in [-0.2, 0) is 14.3 Å². The van der Waals surface area contributed by atoms with E-state index in [-0.39, 0.29) is 18.3 Å². The second kappa shape index (κ2) is 5.96. The maximum atomic E-state index is 11.1. The van der Waals surface area contributed by atoms with Gasteiger partial charge < -0.3 is 9.53 Å². The smallest absolute Gasteiger partial charge is 0.306 e. The Hall–Kier alpha value is -1.64. The van der Waals surface area contributed by atoms with Crippen LogP contribution < -0.4 is 0 Å². The number of hydrogen-bond donors (Lipinski definition) is 0. The van der Waals surface area contributed by atoms with Crippen molar-refractivity contribution < 1.29 is 14.3 Å². The van der Waals surface area contributed by atoms with Crippen LogP contribution in [0.1, 0.15) is 24.3 Å². The van der Waals surface area contributed by atoms with Crippen LogP contribution >= 0.6 is 0 Å². The van der Waals surface area contributed by atoms with Crippen LogP contribution in [0, 0.1) is 0 Å². The van der Waals surface area contributed by atoms with Gasteiger partial charge in [0.2, 0.25) is 0 Å². The molecule has 0 aliphatic carbocycles. The summed E-state index contributed by atoms with van der Waals surface area (Å²) in [6.07, 6.45) is 1.43. The zero-order valence-corrected chi connectivity index (χ0v) is 8.68. The number of carbonyl (C=O) groups is 2. The van der Waals surface area contributed by atoms with Gasteiger partial charge >= 0.3 is 5.97 Å². The monoisotopic (exact) mass is 206 g/mol. The molecule has 1 atom stereocenters. The highest BCUT2D eigenvalue weighted by Crippen LogP contribution is 2.22. The first-order valence-electron chi connectivity index (χ1n) is 4.83.